The number of benzene rings is 2. The molecule has 2 aromatic rings. The fourth-order valence-corrected chi connectivity index (χ4v) is 3.79. The molecule has 0 saturated carbocycles. The van der Waals surface area contributed by atoms with Crippen molar-refractivity contribution < 1.29 is 29.3 Å². The molecule has 0 saturated heterocycles. The molecule has 2 atom stereocenters. The Morgan fingerprint density at radius 3 is 2.46 bits per heavy atom. The van der Waals surface area contributed by atoms with Crippen LogP contribution in [0.5, 0.6) is 5.75 Å². The van der Waals surface area contributed by atoms with Gasteiger partial charge in [-0.05, 0) is 19.1 Å². The predicted molar refractivity (Wildman–Crippen MR) is 98.4 cm³/mol. The molecule has 7 heteroatoms. The molecular formula is C21H19NO6. The highest BCUT2D eigenvalue weighted by Crippen LogP contribution is 2.51. The normalized spacial score (nSPS) is 25.2. The molecule has 1 aliphatic carbocycles. The number of hydrogen-bond donors (Lipinski definition) is 3. The lowest BCUT2D eigenvalue weighted by atomic mass is 9.85. The fraction of sp³-hybridized carbons (Fsp3) is 0.238. The van der Waals surface area contributed by atoms with Crippen LogP contribution in [0.15, 0.2) is 65.9 Å². The Labute approximate surface area is 161 Å². The molecule has 4 rings (SSSR count). The number of carbonyl (C=O) groups is 2. The fourth-order valence-electron chi connectivity index (χ4n) is 3.79. The monoisotopic (exact) mass is 381 g/mol. The second-order valence-corrected chi connectivity index (χ2v) is 6.72. The van der Waals surface area contributed by atoms with Crippen molar-refractivity contribution in [2.45, 2.75) is 18.2 Å². The van der Waals surface area contributed by atoms with Gasteiger partial charge in [0.2, 0.25) is 17.1 Å². The van der Waals surface area contributed by atoms with Gasteiger partial charge in [-0.25, -0.2) is 4.79 Å². The minimum Gasteiger partial charge on any atom is -0.490 e. The molecule has 0 amide bonds. The molecule has 0 unspecified atom stereocenters. The highest BCUT2D eigenvalue weighted by molar-refractivity contribution is 6.16. The largest absolute Gasteiger partial charge is 0.490 e. The Morgan fingerprint density at radius 1 is 1.04 bits per heavy atom. The van der Waals surface area contributed by atoms with Gasteiger partial charge in [-0.15, -0.1) is 0 Å². The number of carbonyl (C=O) groups excluding carboxylic acids is 2. The Morgan fingerprint density at radius 2 is 1.71 bits per heavy atom. The SMILES string of the molecule is CC1=C(C(=O)OCCOc2ccccc2)[C@]2(O)C(=O)c3ccccc3[C@@]2(O)N1. The average molecular weight is 381 g/mol. The number of Topliss-reactive ketones (excluding diaryl/α,β-unsaturated/α-hetero) is 1. The Hall–Kier alpha value is -3.16. The summed E-state index contributed by atoms with van der Waals surface area (Å²) in [6.45, 7) is 1.52. The van der Waals surface area contributed by atoms with Crippen LogP contribution in [0.4, 0.5) is 0 Å². The highest BCUT2D eigenvalue weighted by Gasteiger charge is 2.70. The van der Waals surface area contributed by atoms with E-state index in [1.54, 1.807) is 24.3 Å². The molecule has 144 valence electrons. The van der Waals surface area contributed by atoms with Crippen LogP contribution < -0.4 is 10.1 Å². The summed E-state index contributed by atoms with van der Waals surface area (Å²) < 4.78 is 10.7. The van der Waals surface area contributed by atoms with Gasteiger partial charge in [0, 0.05) is 16.8 Å². The molecular weight excluding hydrogens is 362 g/mol. The van der Waals surface area contributed by atoms with Gasteiger partial charge >= 0.3 is 5.97 Å². The van der Waals surface area contributed by atoms with Gasteiger partial charge in [0.05, 0.1) is 0 Å². The molecule has 1 heterocycles. The maximum Gasteiger partial charge on any atom is 0.339 e. The molecule has 0 fully saturated rings. The summed E-state index contributed by atoms with van der Waals surface area (Å²) in [5.74, 6) is -1.01. The lowest BCUT2D eigenvalue weighted by molar-refractivity contribution is -0.147. The van der Waals surface area contributed by atoms with Gasteiger partial charge in [0.25, 0.3) is 0 Å². The molecule has 0 spiro atoms. The summed E-state index contributed by atoms with van der Waals surface area (Å²) in [7, 11) is 0. The quantitative estimate of drug-likeness (QED) is 0.529. The second kappa shape index (κ2) is 6.47. The van der Waals surface area contributed by atoms with Crippen LogP contribution in [0.2, 0.25) is 0 Å². The summed E-state index contributed by atoms with van der Waals surface area (Å²) >= 11 is 0. The first-order valence-corrected chi connectivity index (χ1v) is 8.83. The number of rotatable bonds is 5. The van der Waals surface area contributed by atoms with Crippen LogP contribution in [0, 0.1) is 0 Å². The van der Waals surface area contributed by atoms with Crippen molar-refractivity contribution >= 4 is 11.8 Å². The van der Waals surface area contributed by atoms with Crippen molar-refractivity contribution in [2.75, 3.05) is 13.2 Å². The number of ether oxygens (including phenoxy) is 2. The Balaban J connectivity index is 1.51. The minimum atomic E-state index is -2.45. The summed E-state index contributed by atoms with van der Waals surface area (Å²) in [5.41, 5.74) is -4.29. The number of allylic oxidation sites excluding steroid dienone is 1. The molecule has 1 aliphatic heterocycles. The van der Waals surface area contributed by atoms with E-state index in [1.165, 1.54) is 19.1 Å². The highest BCUT2D eigenvalue weighted by atomic mass is 16.6. The van der Waals surface area contributed by atoms with Crippen LogP contribution in [-0.4, -0.2) is 40.8 Å². The molecule has 3 N–H and O–H groups in total. The number of fused-ring (bicyclic) bond motifs is 3. The van der Waals surface area contributed by atoms with Crippen LogP contribution in [0.25, 0.3) is 0 Å². The molecule has 0 bridgehead atoms. The van der Waals surface area contributed by atoms with Crippen molar-refractivity contribution in [2.24, 2.45) is 0 Å². The van der Waals surface area contributed by atoms with Gasteiger partial charge in [-0.2, -0.15) is 0 Å². The Bertz CT molecular complexity index is 985. The Kier molecular flexibility index (Phi) is 4.21. The molecule has 2 aromatic carbocycles. The lowest BCUT2D eigenvalue weighted by Crippen LogP contribution is -2.56. The van der Waals surface area contributed by atoms with Crippen LogP contribution >= 0.6 is 0 Å². The van der Waals surface area contributed by atoms with Gasteiger partial charge in [-0.3, -0.25) is 4.79 Å². The number of aliphatic hydroxyl groups is 2. The smallest absolute Gasteiger partial charge is 0.339 e. The molecule has 7 nitrogen and oxygen atoms in total. The first kappa shape index (κ1) is 18.2. The van der Waals surface area contributed by atoms with E-state index in [2.05, 4.69) is 5.32 Å². The maximum atomic E-state index is 12.9. The topological polar surface area (TPSA) is 105 Å². The van der Waals surface area contributed by atoms with Crippen molar-refractivity contribution in [3.8, 4) is 5.75 Å². The molecule has 0 aromatic heterocycles. The van der Waals surface area contributed by atoms with Gasteiger partial charge in [-0.1, -0.05) is 42.5 Å². The average Bonchev–Trinajstić information content (AvgIpc) is 3.01. The van der Waals surface area contributed by atoms with Crippen molar-refractivity contribution in [3.05, 3.63) is 77.0 Å². The summed E-state index contributed by atoms with van der Waals surface area (Å²) in [5, 5.41) is 24.9. The van der Waals surface area contributed by atoms with E-state index < -0.39 is 23.1 Å². The van der Waals surface area contributed by atoms with E-state index in [1.807, 2.05) is 18.2 Å². The van der Waals surface area contributed by atoms with E-state index in [4.69, 9.17) is 9.47 Å². The third-order valence-electron chi connectivity index (χ3n) is 5.05. The lowest BCUT2D eigenvalue weighted by Gasteiger charge is -2.31. The molecule has 0 radical (unpaired) electrons. The number of nitrogens with one attached hydrogen (secondary N) is 1. The molecule has 2 aliphatic rings. The molecule has 28 heavy (non-hydrogen) atoms. The summed E-state index contributed by atoms with van der Waals surface area (Å²) in [4.78, 5) is 25.5. The third-order valence-corrected chi connectivity index (χ3v) is 5.05. The standard InChI is InChI=1S/C21H19NO6/c1-13-17(19(24)28-12-11-27-14-7-3-2-4-8-14)20(25)18(23)15-9-5-6-10-16(15)21(20,26)22-13/h2-10,22,25-26H,11-12H2,1H3/t20-,21-/m0/s1. The van der Waals surface area contributed by atoms with Crippen molar-refractivity contribution in [1.29, 1.82) is 0 Å². The zero-order valence-electron chi connectivity index (χ0n) is 15.1. The zero-order chi connectivity index (χ0) is 19.9. The number of hydrogen-bond acceptors (Lipinski definition) is 7. The third kappa shape index (κ3) is 2.44. The van der Waals surface area contributed by atoms with Crippen molar-refractivity contribution in [1.82, 2.24) is 5.32 Å². The number of esters is 1. The van der Waals surface area contributed by atoms with Crippen molar-refractivity contribution in [3.63, 3.8) is 0 Å². The van der Waals surface area contributed by atoms with Gasteiger partial charge in [0.15, 0.2) is 0 Å². The predicted octanol–water partition coefficient (Wildman–Crippen LogP) is 1.26. The van der Waals surface area contributed by atoms with E-state index in [9.17, 15) is 19.8 Å². The van der Waals surface area contributed by atoms with E-state index in [0.29, 0.717) is 5.75 Å². The van der Waals surface area contributed by atoms with E-state index in [-0.39, 0.29) is 35.6 Å². The van der Waals surface area contributed by atoms with Gasteiger partial charge < -0.3 is 25.0 Å². The summed E-state index contributed by atoms with van der Waals surface area (Å²) in [6.07, 6.45) is 0. The minimum absolute atomic E-state index is 0.0832. The number of para-hydroxylation sites is 1. The first-order chi connectivity index (χ1) is 13.4. The maximum absolute atomic E-state index is 12.9. The van der Waals surface area contributed by atoms with Crippen LogP contribution in [0.1, 0.15) is 22.8 Å². The second-order valence-electron chi connectivity index (χ2n) is 6.72. The summed E-state index contributed by atoms with van der Waals surface area (Å²) in [6, 6.07) is 15.3. The van der Waals surface area contributed by atoms with E-state index >= 15 is 0 Å². The zero-order valence-corrected chi connectivity index (χ0v) is 15.1. The van der Waals surface area contributed by atoms with Crippen LogP contribution in [-0.2, 0) is 15.3 Å². The number of ketones is 1. The van der Waals surface area contributed by atoms with Gasteiger partial charge in [0.1, 0.15) is 24.5 Å². The van der Waals surface area contributed by atoms with Crippen LogP contribution in [0.3, 0.4) is 0 Å². The van der Waals surface area contributed by atoms with E-state index in [0.717, 1.165) is 0 Å². The first-order valence-electron chi connectivity index (χ1n) is 8.83.